The molecule has 0 saturated heterocycles. The molecule has 25 heavy (non-hydrogen) atoms. The SMILES string of the molecule is CC(C)C(NC(=O)Nc1ccccc1)C(=O)NCc1ccc(Cl)nc1. The lowest BCUT2D eigenvalue weighted by atomic mass is 10.0. The van der Waals surface area contributed by atoms with E-state index in [2.05, 4.69) is 20.9 Å². The summed E-state index contributed by atoms with van der Waals surface area (Å²) < 4.78 is 0. The summed E-state index contributed by atoms with van der Waals surface area (Å²) >= 11 is 5.74. The summed E-state index contributed by atoms with van der Waals surface area (Å²) in [5.41, 5.74) is 1.49. The van der Waals surface area contributed by atoms with E-state index in [-0.39, 0.29) is 11.8 Å². The number of carbonyl (C=O) groups excluding carboxylic acids is 2. The van der Waals surface area contributed by atoms with Crippen molar-refractivity contribution >= 4 is 29.2 Å². The van der Waals surface area contributed by atoms with E-state index in [1.54, 1.807) is 30.5 Å². The topological polar surface area (TPSA) is 83.1 Å². The molecule has 6 nitrogen and oxygen atoms in total. The fourth-order valence-electron chi connectivity index (χ4n) is 2.18. The number of halogens is 1. The lowest BCUT2D eigenvalue weighted by molar-refractivity contribution is -0.124. The molecule has 1 atom stereocenters. The van der Waals surface area contributed by atoms with Crippen molar-refractivity contribution in [2.75, 3.05) is 5.32 Å². The number of benzene rings is 1. The van der Waals surface area contributed by atoms with Crippen molar-refractivity contribution in [2.45, 2.75) is 26.4 Å². The van der Waals surface area contributed by atoms with E-state index in [1.165, 1.54) is 0 Å². The third-order valence-corrected chi connectivity index (χ3v) is 3.75. The number of nitrogens with zero attached hydrogens (tertiary/aromatic N) is 1. The van der Waals surface area contributed by atoms with Gasteiger partial charge in [-0.15, -0.1) is 0 Å². The van der Waals surface area contributed by atoms with Gasteiger partial charge in [0.2, 0.25) is 5.91 Å². The van der Waals surface area contributed by atoms with E-state index in [4.69, 9.17) is 11.6 Å². The van der Waals surface area contributed by atoms with E-state index in [9.17, 15) is 9.59 Å². The number of amides is 3. The molecule has 3 N–H and O–H groups in total. The van der Waals surface area contributed by atoms with Crippen LogP contribution in [0.3, 0.4) is 0 Å². The Morgan fingerprint density at radius 2 is 1.84 bits per heavy atom. The van der Waals surface area contributed by atoms with Crippen LogP contribution in [0.1, 0.15) is 19.4 Å². The highest BCUT2D eigenvalue weighted by Gasteiger charge is 2.24. The Bertz CT molecular complexity index is 705. The normalized spacial score (nSPS) is 11.7. The van der Waals surface area contributed by atoms with Crippen LogP contribution in [0.15, 0.2) is 48.7 Å². The summed E-state index contributed by atoms with van der Waals surface area (Å²) in [6.07, 6.45) is 1.60. The van der Waals surface area contributed by atoms with Crippen molar-refractivity contribution in [2.24, 2.45) is 5.92 Å². The minimum absolute atomic E-state index is 0.0649. The van der Waals surface area contributed by atoms with Gasteiger partial charge in [0.15, 0.2) is 0 Å². The summed E-state index contributed by atoms with van der Waals surface area (Å²) in [6, 6.07) is 11.4. The number of rotatable bonds is 6. The number of nitrogens with one attached hydrogen (secondary N) is 3. The molecule has 0 spiro atoms. The largest absolute Gasteiger partial charge is 0.350 e. The second-order valence-electron chi connectivity index (χ2n) is 5.89. The predicted molar refractivity (Wildman–Crippen MR) is 98.3 cm³/mol. The van der Waals surface area contributed by atoms with Gasteiger partial charge in [0.1, 0.15) is 11.2 Å². The first-order valence-electron chi connectivity index (χ1n) is 7.96. The number of anilines is 1. The van der Waals surface area contributed by atoms with Crippen LogP contribution >= 0.6 is 11.6 Å². The highest BCUT2D eigenvalue weighted by Crippen LogP contribution is 2.08. The minimum Gasteiger partial charge on any atom is -0.350 e. The van der Waals surface area contributed by atoms with E-state index in [0.29, 0.717) is 17.4 Å². The molecule has 0 aliphatic rings. The van der Waals surface area contributed by atoms with Gasteiger partial charge >= 0.3 is 6.03 Å². The Morgan fingerprint density at radius 1 is 1.12 bits per heavy atom. The minimum atomic E-state index is -0.649. The van der Waals surface area contributed by atoms with Crippen molar-refractivity contribution < 1.29 is 9.59 Å². The lowest BCUT2D eigenvalue weighted by Crippen LogP contribution is -2.50. The zero-order chi connectivity index (χ0) is 18.2. The van der Waals surface area contributed by atoms with Gasteiger partial charge in [-0.1, -0.05) is 49.7 Å². The first-order valence-corrected chi connectivity index (χ1v) is 8.34. The average molecular weight is 361 g/mol. The molecule has 3 amide bonds. The smallest absolute Gasteiger partial charge is 0.319 e. The van der Waals surface area contributed by atoms with Crippen LogP contribution in [-0.2, 0) is 11.3 Å². The molecule has 0 saturated carbocycles. The van der Waals surface area contributed by atoms with Crippen LogP contribution in [0, 0.1) is 5.92 Å². The van der Waals surface area contributed by atoms with E-state index in [0.717, 1.165) is 5.56 Å². The maximum absolute atomic E-state index is 12.4. The number of carbonyl (C=O) groups is 2. The van der Waals surface area contributed by atoms with Gasteiger partial charge in [0.05, 0.1) is 0 Å². The molecule has 1 heterocycles. The molecule has 0 radical (unpaired) electrons. The van der Waals surface area contributed by atoms with Crippen LogP contribution in [0.5, 0.6) is 0 Å². The molecule has 0 fully saturated rings. The van der Waals surface area contributed by atoms with E-state index in [1.807, 2.05) is 32.0 Å². The molecule has 0 aliphatic heterocycles. The number of para-hydroxylation sites is 1. The fourth-order valence-corrected chi connectivity index (χ4v) is 2.29. The summed E-state index contributed by atoms with van der Waals surface area (Å²) in [6.45, 7) is 4.06. The molecule has 2 rings (SSSR count). The van der Waals surface area contributed by atoms with Crippen molar-refractivity contribution in [3.05, 3.63) is 59.4 Å². The summed E-state index contributed by atoms with van der Waals surface area (Å²) in [5.74, 6) is -0.321. The van der Waals surface area contributed by atoms with Crippen LogP contribution in [0.25, 0.3) is 0 Å². The predicted octanol–water partition coefficient (Wildman–Crippen LogP) is 3.20. The van der Waals surface area contributed by atoms with Crippen LogP contribution in [0.4, 0.5) is 10.5 Å². The zero-order valence-corrected chi connectivity index (χ0v) is 14.9. The molecule has 2 aromatic rings. The number of hydrogen-bond acceptors (Lipinski definition) is 3. The Morgan fingerprint density at radius 3 is 2.44 bits per heavy atom. The summed E-state index contributed by atoms with van der Waals surface area (Å²) in [7, 11) is 0. The summed E-state index contributed by atoms with van der Waals surface area (Å²) in [4.78, 5) is 28.5. The average Bonchev–Trinajstić information content (AvgIpc) is 2.59. The van der Waals surface area contributed by atoms with Crippen LogP contribution in [-0.4, -0.2) is 23.0 Å². The third kappa shape index (κ3) is 6.08. The number of hydrogen-bond donors (Lipinski definition) is 3. The highest BCUT2D eigenvalue weighted by atomic mass is 35.5. The molecule has 1 aromatic carbocycles. The van der Waals surface area contributed by atoms with Gasteiger partial charge in [-0.25, -0.2) is 9.78 Å². The number of urea groups is 1. The molecule has 0 aliphatic carbocycles. The quantitative estimate of drug-likeness (QED) is 0.692. The standard InChI is InChI=1S/C18H21ClN4O2/c1-12(2)16(23-18(25)22-14-6-4-3-5-7-14)17(24)21-11-13-8-9-15(19)20-10-13/h3-10,12,16H,11H2,1-2H3,(H,21,24)(H2,22,23,25). The van der Waals surface area contributed by atoms with Gasteiger partial charge in [0.25, 0.3) is 0 Å². The Balaban J connectivity index is 1.91. The van der Waals surface area contributed by atoms with E-state index >= 15 is 0 Å². The second kappa shape index (κ2) is 9.03. The molecule has 7 heteroatoms. The Hall–Kier alpha value is -2.60. The van der Waals surface area contributed by atoms with E-state index < -0.39 is 12.1 Å². The van der Waals surface area contributed by atoms with Crippen molar-refractivity contribution in [1.29, 1.82) is 0 Å². The lowest BCUT2D eigenvalue weighted by Gasteiger charge is -2.22. The van der Waals surface area contributed by atoms with Crippen LogP contribution in [0.2, 0.25) is 5.15 Å². The highest BCUT2D eigenvalue weighted by molar-refractivity contribution is 6.29. The van der Waals surface area contributed by atoms with Crippen molar-refractivity contribution in [1.82, 2.24) is 15.6 Å². The monoisotopic (exact) mass is 360 g/mol. The molecular weight excluding hydrogens is 340 g/mol. The molecular formula is C18H21ClN4O2. The maximum Gasteiger partial charge on any atom is 0.319 e. The van der Waals surface area contributed by atoms with Gasteiger partial charge < -0.3 is 16.0 Å². The number of pyridine rings is 1. The first-order chi connectivity index (χ1) is 12.0. The van der Waals surface area contributed by atoms with Gasteiger partial charge in [-0.05, 0) is 29.7 Å². The Labute approximate surface area is 152 Å². The summed E-state index contributed by atoms with van der Waals surface area (Å²) in [5, 5.41) is 8.62. The van der Waals surface area contributed by atoms with Crippen molar-refractivity contribution in [3.63, 3.8) is 0 Å². The molecule has 1 aromatic heterocycles. The van der Waals surface area contributed by atoms with Gasteiger partial charge in [-0.3, -0.25) is 4.79 Å². The van der Waals surface area contributed by atoms with Gasteiger partial charge in [0, 0.05) is 18.4 Å². The number of aromatic nitrogens is 1. The second-order valence-corrected chi connectivity index (χ2v) is 6.28. The fraction of sp³-hybridized carbons (Fsp3) is 0.278. The maximum atomic E-state index is 12.4. The zero-order valence-electron chi connectivity index (χ0n) is 14.1. The van der Waals surface area contributed by atoms with Crippen molar-refractivity contribution in [3.8, 4) is 0 Å². The molecule has 0 bridgehead atoms. The van der Waals surface area contributed by atoms with Gasteiger partial charge in [-0.2, -0.15) is 0 Å². The first kappa shape index (κ1) is 18.7. The van der Waals surface area contributed by atoms with Crippen LogP contribution < -0.4 is 16.0 Å². The third-order valence-electron chi connectivity index (χ3n) is 3.52. The molecule has 132 valence electrons. The Kier molecular flexibility index (Phi) is 6.77. The molecule has 1 unspecified atom stereocenters.